The van der Waals surface area contributed by atoms with Gasteiger partial charge >= 0.3 is 0 Å². The molecule has 0 aliphatic heterocycles. The molecule has 0 aliphatic rings. The Morgan fingerprint density at radius 2 is 1.85 bits per heavy atom. The molecule has 0 aliphatic carbocycles. The molecule has 11 heteroatoms. The molecule has 2 N–H and O–H groups in total. The van der Waals surface area contributed by atoms with Gasteiger partial charge in [0.2, 0.25) is 10.0 Å². The lowest BCUT2D eigenvalue weighted by atomic mass is 9.97. The first-order chi connectivity index (χ1) is 19.2. The van der Waals surface area contributed by atoms with E-state index < -0.39 is 32.6 Å². The number of carbonyl (C=O) groups excluding carboxylic acids is 1. The van der Waals surface area contributed by atoms with Crippen LogP contribution in [0, 0.1) is 19.7 Å². The number of amides is 1. The third-order valence-electron chi connectivity index (χ3n) is 6.89. The van der Waals surface area contributed by atoms with E-state index in [4.69, 9.17) is 4.74 Å². The maximum absolute atomic E-state index is 15.4. The maximum Gasteiger partial charge on any atom is 0.256 e. The summed E-state index contributed by atoms with van der Waals surface area (Å²) in [6.07, 6.45) is 1.48. The topological polar surface area (TPSA) is 113 Å². The second kappa shape index (κ2) is 11.5. The molecule has 0 bridgehead atoms. The van der Waals surface area contributed by atoms with Crippen molar-refractivity contribution in [2.45, 2.75) is 46.0 Å². The fraction of sp³-hybridized carbons (Fsp3) is 0.333. The predicted molar refractivity (Wildman–Crippen MR) is 158 cm³/mol. The van der Waals surface area contributed by atoms with Gasteiger partial charge in [-0.1, -0.05) is 12.1 Å². The van der Waals surface area contributed by atoms with Gasteiger partial charge in [0.05, 0.1) is 30.0 Å². The molecule has 0 unspecified atom stereocenters. The molecule has 0 radical (unpaired) electrons. The second-order valence-corrected chi connectivity index (χ2v) is 13.0. The first-order valence-electron chi connectivity index (χ1n) is 13.1. The number of ether oxygens (including phenoxy) is 1. The summed E-state index contributed by atoms with van der Waals surface area (Å²) < 4.78 is 48.5. The van der Waals surface area contributed by atoms with Gasteiger partial charge in [-0.3, -0.25) is 9.59 Å². The Hall–Kier alpha value is -3.96. The van der Waals surface area contributed by atoms with Gasteiger partial charge < -0.3 is 19.9 Å². The molecule has 0 saturated heterocycles. The number of aromatic nitrogens is 2. The minimum atomic E-state index is -3.80. The Kier molecular flexibility index (Phi) is 8.41. The molecule has 2 heterocycles. The number of hydrogen-bond acceptors (Lipinski definition) is 6. The summed E-state index contributed by atoms with van der Waals surface area (Å²) in [6, 6.07) is 9.67. The summed E-state index contributed by atoms with van der Waals surface area (Å²) in [7, 11) is 1.40. The number of aromatic amines is 1. The first-order valence-corrected chi connectivity index (χ1v) is 14.6. The third kappa shape index (κ3) is 5.91. The van der Waals surface area contributed by atoms with Crippen LogP contribution >= 0.6 is 0 Å². The molecule has 0 atom stereocenters. The SMILES string of the molecule is COc1cc(C)[nH]c(=O)c1CNC(=O)c1cc(-c2ccc(CN(C)C)cc2F)cc2c1c(C)cn2S(=O)(=O)C(C)C. The molecular weight excluding hydrogens is 547 g/mol. The first kappa shape index (κ1) is 30.0. The van der Waals surface area contributed by atoms with Crippen LogP contribution in [0.2, 0.25) is 0 Å². The summed E-state index contributed by atoms with van der Waals surface area (Å²) in [5.74, 6) is -0.713. The number of nitrogens with one attached hydrogen (secondary N) is 2. The number of aryl methyl sites for hydroxylation is 2. The number of nitrogens with zero attached hydrogens (tertiary/aromatic N) is 2. The standard InChI is InChI=1S/C30H35FN4O5S/c1-17(2)41(38,39)35-15-18(3)28-23(29(36)32-14-24-27(40-7)10-19(4)33-30(24)37)12-21(13-26(28)35)22-9-8-20(11-25(22)31)16-34(5)6/h8-13,15,17H,14,16H2,1-7H3,(H,32,36)(H,33,37). The average Bonchev–Trinajstić information content (AvgIpc) is 3.23. The van der Waals surface area contributed by atoms with Crippen LogP contribution in [0.1, 0.15) is 46.6 Å². The summed E-state index contributed by atoms with van der Waals surface area (Å²) in [6.45, 7) is 6.99. The fourth-order valence-electron chi connectivity index (χ4n) is 4.85. The Labute approximate surface area is 239 Å². The van der Waals surface area contributed by atoms with Gasteiger partial charge in [0.25, 0.3) is 11.5 Å². The van der Waals surface area contributed by atoms with Gasteiger partial charge in [0.15, 0.2) is 0 Å². The van der Waals surface area contributed by atoms with Crippen molar-refractivity contribution in [2.24, 2.45) is 0 Å². The third-order valence-corrected chi connectivity index (χ3v) is 8.94. The van der Waals surface area contributed by atoms with Gasteiger partial charge in [-0.15, -0.1) is 0 Å². The maximum atomic E-state index is 15.4. The number of rotatable bonds is 9. The molecule has 0 saturated carbocycles. The van der Waals surface area contributed by atoms with Gasteiger partial charge in [0, 0.05) is 34.9 Å². The van der Waals surface area contributed by atoms with E-state index in [9.17, 15) is 18.0 Å². The second-order valence-electron chi connectivity index (χ2n) is 10.7. The zero-order valence-electron chi connectivity index (χ0n) is 24.3. The van der Waals surface area contributed by atoms with Crippen molar-refractivity contribution >= 4 is 26.8 Å². The number of hydrogen-bond donors (Lipinski definition) is 2. The van der Waals surface area contributed by atoms with Gasteiger partial charge in [-0.05, 0) is 82.7 Å². The van der Waals surface area contributed by atoms with Crippen molar-refractivity contribution in [3.63, 3.8) is 0 Å². The lowest BCUT2D eigenvalue weighted by molar-refractivity contribution is 0.0952. The predicted octanol–water partition coefficient (Wildman–Crippen LogP) is 4.34. The molecule has 218 valence electrons. The Bertz CT molecular complexity index is 1810. The molecule has 4 aromatic rings. The lowest BCUT2D eigenvalue weighted by Crippen LogP contribution is -2.28. The quantitative estimate of drug-likeness (QED) is 0.304. The van der Waals surface area contributed by atoms with Crippen LogP contribution in [0.5, 0.6) is 5.75 Å². The smallest absolute Gasteiger partial charge is 0.256 e. The minimum Gasteiger partial charge on any atom is -0.496 e. The highest BCUT2D eigenvalue weighted by Gasteiger charge is 2.26. The van der Waals surface area contributed by atoms with Crippen LogP contribution in [0.4, 0.5) is 4.39 Å². The van der Waals surface area contributed by atoms with Crippen LogP contribution in [-0.2, 0) is 23.1 Å². The largest absolute Gasteiger partial charge is 0.496 e. The van der Waals surface area contributed by atoms with Crippen molar-refractivity contribution in [3.8, 4) is 16.9 Å². The monoisotopic (exact) mass is 582 g/mol. The Morgan fingerprint density at radius 3 is 2.46 bits per heavy atom. The molecule has 0 fully saturated rings. The number of methoxy groups -OCH3 is 1. The molecule has 41 heavy (non-hydrogen) atoms. The fourth-order valence-corrected chi connectivity index (χ4v) is 6.03. The van der Waals surface area contributed by atoms with Crippen LogP contribution in [0.25, 0.3) is 22.0 Å². The van der Waals surface area contributed by atoms with E-state index >= 15 is 4.39 Å². The minimum absolute atomic E-state index is 0.138. The summed E-state index contributed by atoms with van der Waals surface area (Å²) in [5, 5.41) is 2.45. The Morgan fingerprint density at radius 1 is 1.15 bits per heavy atom. The van der Waals surface area contributed by atoms with Crippen molar-refractivity contribution in [3.05, 3.63) is 86.7 Å². The molecule has 2 aromatic carbocycles. The highest BCUT2D eigenvalue weighted by atomic mass is 32.2. The molecule has 9 nitrogen and oxygen atoms in total. The van der Waals surface area contributed by atoms with Crippen molar-refractivity contribution in [2.75, 3.05) is 21.2 Å². The summed E-state index contributed by atoms with van der Waals surface area (Å²) in [4.78, 5) is 30.9. The molecule has 2 aromatic heterocycles. The van der Waals surface area contributed by atoms with E-state index in [0.29, 0.717) is 34.5 Å². The van der Waals surface area contributed by atoms with Gasteiger partial charge in [-0.25, -0.2) is 16.8 Å². The van der Waals surface area contributed by atoms with E-state index in [-0.39, 0.29) is 28.8 Å². The van der Waals surface area contributed by atoms with Crippen molar-refractivity contribution in [1.82, 2.24) is 19.2 Å². The van der Waals surface area contributed by atoms with E-state index in [0.717, 1.165) is 9.54 Å². The van der Waals surface area contributed by atoms with Crippen molar-refractivity contribution in [1.29, 1.82) is 0 Å². The number of benzene rings is 2. The normalized spacial score (nSPS) is 12.0. The van der Waals surface area contributed by atoms with E-state index in [1.165, 1.54) is 19.4 Å². The van der Waals surface area contributed by atoms with Crippen LogP contribution in [-0.4, -0.2) is 54.6 Å². The number of fused-ring (bicyclic) bond motifs is 1. The number of pyridine rings is 1. The molecular formula is C30H35FN4O5S. The highest BCUT2D eigenvalue weighted by Crippen LogP contribution is 2.34. The van der Waals surface area contributed by atoms with E-state index in [2.05, 4.69) is 10.3 Å². The number of carbonyl (C=O) groups is 1. The zero-order valence-corrected chi connectivity index (χ0v) is 25.1. The van der Waals surface area contributed by atoms with Crippen LogP contribution < -0.4 is 15.6 Å². The lowest BCUT2D eigenvalue weighted by Gasteiger charge is -2.15. The Balaban J connectivity index is 1.88. The highest BCUT2D eigenvalue weighted by molar-refractivity contribution is 7.90. The van der Waals surface area contributed by atoms with E-state index in [1.54, 1.807) is 58.0 Å². The van der Waals surface area contributed by atoms with Crippen LogP contribution in [0.15, 0.2) is 47.4 Å². The van der Waals surface area contributed by atoms with Gasteiger partial charge in [0.1, 0.15) is 11.6 Å². The van der Waals surface area contributed by atoms with Gasteiger partial charge in [-0.2, -0.15) is 0 Å². The van der Waals surface area contributed by atoms with Crippen LogP contribution in [0.3, 0.4) is 0 Å². The zero-order chi connectivity index (χ0) is 30.2. The summed E-state index contributed by atoms with van der Waals surface area (Å²) >= 11 is 0. The number of halogens is 1. The van der Waals surface area contributed by atoms with Crippen molar-refractivity contribution < 1.29 is 22.3 Å². The summed E-state index contributed by atoms with van der Waals surface area (Å²) in [5.41, 5.74) is 2.78. The molecule has 4 rings (SSSR count). The van der Waals surface area contributed by atoms with E-state index in [1.807, 2.05) is 19.0 Å². The average molecular weight is 583 g/mol. The molecule has 1 amide bonds. The molecule has 0 spiro atoms. The number of H-pyrrole nitrogens is 1.